The molecule has 0 spiro atoms. The van der Waals surface area contributed by atoms with Gasteiger partial charge in [-0.05, 0) is 66.4 Å². The number of carbonyl (C=O) groups excluding carboxylic acids is 2. The molecule has 248 valence electrons. The number of nitrogens with zero attached hydrogens (tertiary/aromatic N) is 2. The highest BCUT2D eigenvalue weighted by atomic mass is 35.5. The molecule has 4 rings (SSSR count). The van der Waals surface area contributed by atoms with E-state index in [9.17, 15) is 18.0 Å². The lowest BCUT2D eigenvalue weighted by molar-refractivity contribution is -0.140. The summed E-state index contributed by atoms with van der Waals surface area (Å²) in [5, 5.41) is 4.02. The Labute approximate surface area is 296 Å². The fraction of sp³-hybridized carbons (Fsp3) is 0.257. The molecule has 47 heavy (non-hydrogen) atoms. The predicted octanol–water partition coefficient (Wildman–Crippen LogP) is 8.22. The second-order valence-corrected chi connectivity index (χ2v) is 15.1. The lowest BCUT2D eigenvalue weighted by Crippen LogP contribution is -2.53. The maximum Gasteiger partial charge on any atom is 0.264 e. The zero-order valence-corrected chi connectivity index (χ0v) is 29.9. The normalized spacial score (nSPS) is 12.1. The molecule has 1 unspecified atom stereocenters. The highest BCUT2D eigenvalue weighted by Gasteiger charge is 2.35. The van der Waals surface area contributed by atoms with E-state index in [-0.39, 0.29) is 45.4 Å². The van der Waals surface area contributed by atoms with E-state index >= 15 is 0 Å². The van der Waals surface area contributed by atoms with Crippen molar-refractivity contribution in [2.24, 2.45) is 5.92 Å². The van der Waals surface area contributed by atoms with E-state index in [1.165, 1.54) is 35.2 Å². The first-order chi connectivity index (χ1) is 22.2. The van der Waals surface area contributed by atoms with Crippen LogP contribution in [0.2, 0.25) is 20.1 Å². The van der Waals surface area contributed by atoms with Crippen molar-refractivity contribution < 1.29 is 18.0 Å². The van der Waals surface area contributed by atoms with E-state index in [2.05, 4.69) is 5.32 Å². The summed E-state index contributed by atoms with van der Waals surface area (Å²) in [5.74, 6) is -0.892. The quantitative estimate of drug-likeness (QED) is 0.150. The van der Waals surface area contributed by atoms with Crippen LogP contribution in [0, 0.1) is 12.8 Å². The number of hydrogen-bond acceptors (Lipinski definition) is 4. The first-order valence-corrected chi connectivity index (χ1v) is 17.8. The first-order valence-electron chi connectivity index (χ1n) is 14.8. The number of aryl methyl sites for hydroxylation is 1. The molecule has 0 aliphatic carbocycles. The molecule has 0 aromatic heterocycles. The smallest absolute Gasteiger partial charge is 0.264 e. The highest BCUT2D eigenvalue weighted by molar-refractivity contribution is 7.92. The monoisotopic (exact) mass is 733 g/mol. The van der Waals surface area contributed by atoms with Gasteiger partial charge < -0.3 is 10.2 Å². The number of hydrogen-bond donors (Lipinski definition) is 1. The Balaban J connectivity index is 1.84. The Morgan fingerprint density at radius 2 is 1.45 bits per heavy atom. The van der Waals surface area contributed by atoms with Gasteiger partial charge in [0.2, 0.25) is 11.8 Å². The standard InChI is InChI=1S/C35H35Cl4N3O4S/c1-23(2)20-40-35(44)33(15-25-7-5-4-6-8-25)41(21-26-11-12-27(36)19-32(26)39)34(43)22-42(30-17-28(37)16-29(38)18-30)47(45,46)31-13-9-24(3)10-14-31/h4-14,16-19,23,33H,15,20-22H2,1-3H3,(H,40,44). The van der Waals surface area contributed by atoms with Crippen molar-refractivity contribution in [3.63, 3.8) is 0 Å². The van der Waals surface area contributed by atoms with Crippen LogP contribution in [-0.4, -0.2) is 44.3 Å². The van der Waals surface area contributed by atoms with Gasteiger partial charge in [-0.3, -0.25) is 13.9 Å². The number of halogens is 4. The maximum atomic E-state index is 14.6. The molecule has 12 heteroatoms. The third-order valence-corrected chi connectivity index (χ3v) is 10.1. The largest absolute Gasteiger partial charge is 0.354 e. The molecule has 0 saturated carbocycles. The van der Waals surface area contributed by atoms with Crippen LogP contribution in [0.4, 0.5) is 5.69 Å². The average molecular weight is 736 g/mol. The second kappa shape index (κ2) is 16.2. The second-order valence-electron chi connectivity index (χ2n) is 11.6. The van der Waals surface area contributed by atoms with Gasteiger partial charge in [-0.25, -0.2) is 8.42 Å². The summed E-state index contributed by atoms with van der Waals surface area (Å²) in [7, 11) is -4.32. The molecule has 1 atom stereocenters. The van der Waals surface area contributed by atoms with Crippen molar-refractivity contribution in [2.75, 3.05) is 17.4 Å². The van der Waals surface area contributed by atoms with Crippen LogP contribution < -0.4 is 9.62 Å². The summed E-state index contributed by atoms with van der Waals surface area (Å²) in [4.78, 5) is 29.8. The first kappa shape index (κ1) is 36.6. The number of rotatable bonds is 13. The molecule has 0 fully saturated rings. The van der Waals surface area contributed by atoms with Crippen molar-refractivity contribution in [1.29, 1.82) is 0 Å². The highest BCUT2D eigenvalue weighted by Crippen LogP contribution is 2.31. The third kappa shape index (κ3) is 9.87. The van der Waals surface area contributed by atoms with Crippen molar-refractivity contribution >= 4 is 73.9 Å². The lowest BCUT2D eigenvalue weighted by atomic mass is 10.0. The van der Waals surface area contributed by atoms with E-state index in [0.717, 1.165) is 15.4 Å². The number of amides is 2. The summed E-state index contributed by atoms with van der Waals surface area (Å²) in [6, 6.07) is 23.7. The Kier molecular flexibility index (Phi) is 12.6. The molecule has 0 bridgehead atoms. The third-order valence-electron chi connectivity index (χ3n) is 7.33. The summed E-state index contributed by atoms with van der Waals surface area (Å²) in [6.07, 6.45) is 0.162. The molecule has 4 aromatic rings. The van der Waals surface area contributed by atoms with Crippen LogP contribution in [0.1, 0.15) is 30.5 Å². The van der Waals surface area contributed by atoms with E-state index in [0.29, 0.717) is 22.2 Å². The average Bonchev–Trinajstić information content (AvgIpc) is 3.01. The SMILES string of the molecule is Cc1ccc(S(=O)(=O)N(CC(=O)N(Cc2ccc(Cl)cc2Cl)C(Cc2ccccc2)C(=O)NCC(C)C)c2cc(Cl)cc(Cl)c2)cc1. The number of carbonyl (C=O) groups is 2. The van der Waals surface area contributed by atoms with Crippen LogP contribution in [0.15, 0.2) is 95.9 Å². The zero-order valence-electron chi connectivity index (χ0n) is 26.1. The van der Waals surface area contributed by atoms with E-state index in [4.69, 9.17) is 46.4 Å². The van der Waals surface area contributed by atoms with Gasteiger partial charge >= 0.3 is 0 Å². The minimum absolute atomic E-state index is 0.0326. The Morgan fingerprint density at radius 1 is 0.809 bits per heavy atom. The van der Waals surface area contributed by atoms with Gasteiger partial charge in [0.25, 0.3) is 10.0 Å². The van der Waals surface area contributed by atoms with Gasteiger partial charge in [0.05, 0.1) is 10.6 Å². The number of nitrogens with one attached hydrogen (secondary N) is 1. The number of anilines is 1. The van der Waals surface area contributed by atoms with E-state index in [1.807, 2.05) is 51.1 Å². The van der Waals surface area contributed by atoms with Crippen molar-refractivity contribution in [3.05, 3.63) is 128 Å². The molecule has 7 nitrogen and oxygen atoms in total. The van der Waals surface area contributed by atoms with Crippen molar-refractivity contribution in [1.82, 2.24) is 10.2 Å². The van der Waals surface area contributed by atoms with Gasteiger partial charge in [0, 0.05) is 39.6 Å². The van der Waals surface area contributed by atoms with Crippen molar-refractivity contribution in [2.45, 2.75) is 44.7 Å². The molecule has 0 heterocycles. The van der Waals surface area contributed by atoms with Gasteiger partial charge in [-0.2, -0.15) is 0 Å². The minimum Gasteiger partial charge on any atom is -0.354 e. The minimum atomic E-state index is -4.32. The predicted molar refractivity (Wildman–Crippen MR) is 191 cm³/mol. The summed E-state index contributed by atoms with van der Waals surface area (Å²) in [5.41, 5.74) is 2.28. The molecule has 0 aliphatic rings. The fourth-order valence-corrected chi connectivity index (χ4v) is 7.24. The van der Waals surface area contributed by atoms with Gasteiger partial charge in [-0.15, -0.1) is 0 Å². The Morgan fingerprint density at radius 3 is 2.04 bits per heavy atom. The van der Waals surface area contributed by atoms with E-state index < -0.39 is 28.5 Å². The van der Waals surface area contributed by atoms with Crippen LogP contribution in [0.25, 0.3) is 0 Å². The number of sulfonamides is 1. The van der Waals surface area contributed by atoms with Crippen LogP contribution in [-0.2, 0) is 32.6 Å². The summed E-state index contributed by atoms with van der Waals surface area (Å²) >= 11 is 25.4. The van der Waals surface area contributed by atoms with Crippen LogP contribution in [0.3, 0.4) is 0 Å². The van der Waals surface area contributed by atoms with Crippen molar-refractivity contribution in [3.8, 4) is 0 Å². The molecule has 4 aromatic carbocycles. The molecule has 1 N–H and O–H groups in total. The Bertz CT molecular complexity index is 1800. The molecule has 0 saturated heterocycles. The van der Waals surface area contributed by atoms with Crippen LogP contribution in [0.5, 0.6) is 0 Å². The molecular formula is C35H35Cl4N3O4S. The molecule has 0 aliphatic heterocycles. The molecule has 0 radical (unpaired) electrons. The van der Waals surface area contributed by atoms with Crippen LogP contribution >= 0.6 is 46.4 Å². The molecular weight excluding hydrogens is 700 g/mol. The maximum absolute atomic E-state index is 14.6. The zero-order chi connectivity index (χ0) is 34.3. The summed E-state index contributed by atoms with van der Waals surface area (Å²) < 4.78 is 29.4. The lowest BCUT2D eigenvalue weighted by Gasteiger charge is -2.34. The number of benzene rings is 4. The Hall–Kier alpha value is -3.27. The van der Waals surface area contributed by atoms with E-state index in [1.54, 1.807) is 30.3 Å². The summed E-state index contributed by atoms with van der Waals surface area (Å²) in [6.45, 7) is 5.38. The topological polar surface area (TPSA) is 86.8 Å². The fourth-order valence-electron chi connectivity index (χ4n) is 4.86. The van der Waals surface area contributed by atoms with Gasteiger partial charge in [0.1, 0.15) is 12.6 Å². The van der Waals surface area contributed by atoms with Gasteiger partial charge in [0.15, 0.2) is 0 Å². The molecule has 2 amide bonds. The van der Waals surface area contributed by atoms with Gasteiger partial charge in [-0.1, -0.05) is 114 Å².